The zero-order chi connectivity index (χ0) is 18.5. The first-order chi connectivity index (χ1) is 12.5. The van der Waals surface area contributed by atoms with E-state index in [1.54, 1.807) is 12.1 Å². The van der Waals surface area contributed by atoms with Crippen molar-refractivity contribution < 1.29 is 9.21 Å². The van der Waals surface area contributed by atoms with Crippen LogP contribution >= 0.6 is 11.6 Å². The number of benzene rings is 2. The van der Waals surface area contributed by atoms with Gasteiger partial charge in [0.25, 0.3) is 5.91 Å². The molecule has 0 atom stereocenters. The van der Waals surface area contributed by atoms with Crippen molar-refractivity contribution in [1.82, 2.24) is 10.2 Å². The monoisotopic (exact) mass is 367 g/mol. The van der Waals surface area contributed by atoms with Gasteiger partial charge in [-0.3, -0.25) is 10.1 Å². The summed E-state index contributed by atoms with van der Waals surface area (Å²) in [5, 5.41) is 11.0. The van der Waals surface area contributed by atoms with Gasteiger partial charge in [0.05, 0.1) is 6.42 Å². The highest BCUT2D eigenvalue weighted by atomic mass is 35.5. The molecule has 0 bridgehead atoms. The Morgan fingerprint density at radius 2 is 2.00 bits per heavy atom. The van der Waals surface area contributed by atoms with Gasteiger partial charge >= 0.3 is 6.01 Å². The van der Waals surface area contributed by atoms with E-state index in [0.29, 0.717) is 17.3 Å². The smallest absolute Gasteiger partial charge is 0.322 e. The van der Waals surface area contributed by atoms with E-state index in [9.17, 15) is 4.79 Å². The Labute approximate surface area is 156 Å². The fourth-order valence-electron chi connectivity index (χ4n) is 2.51. The number of nitrogens with zero attached hydrogens (tertiary/aromatic N) is 2. The number of nitrogens with one attached hydrogen (secondary N) is 1. The zero-order valence-electron chi connectivity index (χ0n) is 14.5. The molecule has 132 valence electrons. The summed E-state index contributed by atoms with van der Waals surface area (Å²) in [6.45, 7) is 4.09. The fourth-order valence-corrected chi connectivity index (χ4v) is 2.70. The second kappa shape index (κ2) is 7.97. The van der Waals surface area contributed by atoms with Gasteiger partial charge in [-0.1, -0.05) is 58.7 Å². The van der Waals surface area contributed by atoms with Crippen LogP contribution in [0.2, 0.25) is 5.02 Å². The van der Waals surface area contributed by atoms with Crippen molar-refractivity contribution in [2.75, 3.05) is 5.32 Å². The van der Waals surface area contributed by atoms with Gasteiger partial charge in [0.1, 0.15) is 0 Å². The molecule has 26 heavy (non-hydrogen) atoms. The van der Waals surface area contributed by atoms with Crippen molar-refractivity contribution in [3.8, 4) is 0 Å². The van der Waals surface area contributed by atoms with E-state index < -0.39 is 0 Å². The maximum absolute atomic E-state index is 12.0. The Morgan fingerprint density at radius 1 is 1.19 bits per heavy atom. The molecule has 6 heteroatoms. The van der Waals surface area contributed by atoms with E-state index in [2.05, 4.69) is 21.6 Å². The van der Waals surface area contributed by atoms with Crippen molar-refractivity contribution in [2.45, 2.75) is 20.3 Å². The van der Waals surface area contributed by atoms with Crippen LogP contribution in [0.15, 0.2) is 53.0 Å². The molecule has 0 fully saturated rings. The molecule has 0 spiro atoms. The Bertz CT molecular complexity index is 963. The molecule has 1 amide bonds. The van der Waals surface area contributed by atoms with Crippen LogP contribution in [0.4, 0.5) is 6.01 Å². The van der Waals surface area contributed by atoms with E-state index in [4.69, 9.17) is 16.0 Å². The summed E-state index contributed by atoms with van der Waals surface area (Å²) in [6, 6.07) is 13.5. The molecular formula is C20H18ClN3O2. The third-order valence-corrected chi connectivity index (χ3v) is 4.20. The predicted octanol–water partition coefficient (Wildman–Crippen LogP) is 4.58. The van der Waals surface area contributed by atoms with Gasteiger partial charge in [0.15, 0.2) is 0 Å². The van der Waals surface area contributed by atoms with E-state index in [1.165, 1.54) is 11.6 Å². The third kappa shape index (κ3) is 4.58. The molecule has 0 aliphatic carbocycles. The molecule has 3 aromatic rings. The van der Waals surface area contributed by atoms with Crippen molar-refractivity contribution in [3.05, 3.63) is 81.7 Å². The molecule has 0 aliphatic rings. The number of amides is 1. The standard InChI is InChI=1S/C20H18ClN3O2/c1-13-7-8-16(14(2)11-13)12-19-23-24-20(26-19)22-18(25)10-9-15-5-3-4-6-17(15)21/h3-11H,12H2,1-2H3,(H,22,24,25). The largest absolute Gasteiger partial charge is 0.407 e. The molecule has 2 aromatic carbocycles. The topological polar surface area (TPSA) is 68.0 Å². The number of carbonyl (C=O) groups excluding carboxylic acids is 1. The lowest BCUT2D eigenvalue weighted by Gasteiger charge is -2.03. The summed E-state index contributed by atoms with van der Waals surface area (Å²) in [4.78, 5) is 12.0. The second-order valence-electron chi connectivity index (χ2n) is 5.95. The predicted molar refractivity (Wildman–Crippen MR) is 102 cm³/mol. The van der Waals surface area contributed by atoms with Crippen LogP contribution in [0.25, 0.3) is 6.08 Å². The first-order valence-corrected chi connectivity index (χ1v) is 8.51. The first-order valence-electron chi connectivity index (χ1n) is 8.13. The van der Waals surface area contributed by atoms with Gasteiger partial charge < -0.3 is 4.42 Å². The maximum Gasteiger partial charge on any atom is 0.322 e. The minimum Gasteiger partial charge on any atom is -0.407 e. The molecule has 1 aromatic heterocycles. The van der Waals surface area contributed by atoms with Crippen LogP contribution in [0.3, 0.4) is 0 Å². The lowest BCUT2D eigenvalue weighted by atomic mass is 10.0. The molecule has 0 radical (unpaired) electrons. The highest BCUT2D eigenvalue weighted by Crippen LogP contribution is 2.17. The lowest BCUT2D eigenvalue weighted by Crippen LogP contribution is -2.07. The van der Waals surface area contributed by atoms with Gasteiger partial charge in [-0.15, -0.1) is 5.10 Å². The molecule has 5 nitrogen and oxygen atoms in total. The maximum atomic E-state index is 12.0. The third-order valence-electron chi connectivity index (χ3n) is 3.86. The summed E-state index contributed by atoms with van der Waals surface area (Å²) < 4.78 is 5.51. The molecule has 0 aliphatic heterocycles. The molecule has 0 saturated carbocycles. The number of hydrogen-bond donors (Lipinski definition) is 1. The Morgan fingerprint density at radius 3 is 2.77 bits per heavy atom. The number of aryl methyl sites for hydroxylation is 2. The molecule has 1 N–H and O–H groups in total. The van der Waals surface area contributed by atoms with Crippen LogP contribution in [0.5, 0.6) is 0 Å². The highest BCUT2D eigenvalue weighted by molar-refractivity contribution is 6.32. The lowest BCUT2D eigenvalue weighted by molar-refractivity contribution is -0.112. The molecule has 3 rings (SSSR count). The zero-order valence-corrected chi connectivity index (χ0v) is 15.2. The van der Waals surface area contributed by atoms with Crippen LogP contribution in [0.1, 0.15) is 28.1 Å². The first kappa shape index (κ1) is 17.9. The van der Waals surface area contributed by atoms with Crippen molar-refractivity contribution in [3.63, 3.8) is 0 Å². The van der Waals surface area contributed by atoms with Gasteiger partial charge in [-0.05, 0) is 42.7 Å². The van der Waals surface area contributed by atoms with Gasteiger partial charge in [0, 0.05) is 11.1 Å². The molecule has 0 saturated heterocycles. The van der Waals surface area contributed by atoms with E-state index in [-0.39, 0.29) is 11.9 Å². The van der Waals surface area contributed by atoms with Crippen LogP contribution in [-0.2, 0) is 11.2 Å². The van der Waals surface area contributed by atoms with Crippen molar-refractivity contribution in [2.24, 2.45) is 0 Å². The van der Waals surface area contributed by atoms with Crippen LogP contribution in [-0.4, -0.2) is 16.1 Å². The number of carbonyl (C=O) groups is 1. The van der Waals surface area contributed by atoms with Crippen LogP contribution < -0.4 is 5.32 Å². The number of hydrogen-bond acceptors (Lipinski definition) is 4. The Hall–Kier alpha value is -2.92. The van der Waals surface area contributed by atoms with E-state index in [0.717, 1.165) is 16.7 Å². The van der Waals surface area contributed by atoms with E-state index in [1.807, 2.05) is 44.2 Å². The fraction of sp³-hybridized carbons (Fsp3) is 0.150. The summed E-state index contributed by atoms with van der Waals surface area (Å²) in [5.74, 6) is 0.0778. The average molecular weight is 368 g/mol. The van der Waals surface area contributed by atoms with Crippen molar-refractivity contribution in [1.29, 1.82) is 0 Å². The summed E-state index contributed by atoms with van der Waals surface area (Å²) >= 11 is 6.05. The minimum absolute atomic E-state index is 0.0681. The van der Waals surface area contributed by atoms with Gasteiger partial charge in [-0.25, -0.2) is 0 Å². The van der Waals surface area contributed by atoms with Gasteiger partial charge in [-0.2, -0.15) is 0 Å². The average Bonchev–Trinajstić information content (AvgIpc) is 3.04. The van der Waals surface area contributed by atoms with E-state index >= 15 is 0 Å². The quantitative estimate of drug-likeness (QED) is 0.670. The summed E-state index contributed by atoms with van der Waals surface area (Å²) in [7, 11) is 0. The SMILES string of the molecule is Cc1ccc(Cc2nnc(NC(=O)C=Cc3ccccc3Cl)o2)c(C)c1. The normalized spacial score (nSPS) is 11.0. The van der Waals surface area contributed by atoms with Crippen LogP contribution in [0, 0.1) is 13.8 Å². The minimum atomic E-state index is -0.369. The number of anilines is 1. The van der Waals surface area contributed by atoms with Gasteiger partial charge in [0.2, 0.25) is 5.89 Å². The Kier molecular flexibility index (Phi) is 5.49. The molecule has 1 heterocycles. The Balaban J connectivity index is 1.63. The number of halogens is 1. The number of rotatable bonds is 5. The summed E-state index contributed by atoms with van der Waals surface area (Å²) in [6.07, 6.45) is 3.52. The highest BCUT2D eigenvalue weighted by Gasteiger charge is 2.10. The number of aromatic nitrogens is 2. The summed E-state index contributed by atoms with van der Waals surface area (Å²) in [5.41, 5.74) is 4.23. The molecule has 0 unspecified atom stereocenters. The molecular weight excluding hydrogens is 350 g/mol. The van der Waals surface area contributed by atoms with Crippen molar-refractivity contribution >= 4 is 29.6 Å². The second-order valence-corrected chi connectivity index (χ2v) is 6.36.